The molecule has 1 aromatic rings. The van der Waals surface area contributed by atoms with Crippen molar-refractivity contribution in [2.24, 2.45) is 17.3 Å². The zero-order valence-electron chi connectivity index (χ0n) is 13.6. The minimum Gasteiger partial charge on any atom is -0.326 e. The molecular weight excluding hydrogens is 370 g/mol. The lowest BCUT2D eigenvalue weighted by Gasteiger charge is -2.60. The fraction of sp³-hybridized carbons (Fsp3) is 0.632. The number of amides is 1. The molecule has 4 aliphatic carbocycles. The van der Waals surface area contributed by atoms with Crippen LogP contribution in [0.3, 0.4) is 0 Å². The van der Waals surface area contributed by atoms with E-state index in [1.165, 1.54) is 43.4 Å². The van der Waals surface area contributed by atoms with E-state index in [2.05, 4.69) is 39.6 Å². The van der Waals surface area contributed by atoms with Crippen LogP contribution in [0.4, 0.5) is 5.69 Å². The maximum absolute atomic E-state index is 12.7. The third-order valence-corrected chi connectivity index (χ3v) is 7.65. The lowest BCUT2D eigenvalue weighted by molar-refractivity contribution is -0.123. The first kappa shape index (κ1) is 16.0. The molecule has 0 spiro atoms. The molecule has 0 aliphatic heterocycles. The van der Waals surface area contributed by atoms with Gasteiger partial charge in [0.15, 0.2) is 0 Å². The normalized spacial score (nSPS) is 37.8. The van der Waals surface area contributed by atoms with Gasteiger partial charge in [0.05, 0.1) is 0 Å². The Morgan fingerprint density at radius 2 is 2.04 bits per heavy atom. The zero-order valence-corrected chi connectivity index (χ0v) is 16.0. The predicted molar refractivity (Wildman–Crippen MR) is 100 cm³/mol. The number of halogens is 1. The highest BCUT2D eigenvalue weighted by molar-refractivity contribution is 9.10. The second-order valence-electron chi connectivity index (χ2n) is 8.07. The van der Waals surface area contributed by atoms with Crippen molar-refractivity contribution in [3.63, 3.8) is 0 Å². The van der Waals surface area contributed by atoms with Gasteiger partial charge in [-0.1, -0.05) is 22.0 Å². The van der Waals surface area contributed by atoms with Gasteiger partial charge in [-0.15, -0.1) is 11.8 Å². The molecule has 2 nitrogen and oxygen atoms in total. The third-order valence-electron chi connectivity index (χ3n) is 6.00. The van der Waals surface area contributed by atoms with Gasteiger partial charge in [-0.25, -0.2) is 0 Å². The van der Waals surface area contributed by atoms with E-state index in [0.717, 1.165) is 17.5 Å². The number of thioether (sulfide) groups is 1. The van der Waals surface area contributed by atoms with Gasteiger partial charge in [0.1, 0.15) is 0 Å². The second kappa shape index (κ2) is 5.80. The molecule has 124 valence electrons. The summed E-state index contributed by atoms with van der Waals surface area (Å²) in [5.74, 6) is 1.87. The summed E-state index contributed by atoms with van der Waals surface area (Å²) in [6.07, 6.45) is 10.5. The Bertz CT molecular complexity index is 618. The average Bonchev–Trinajstić information content (AvgIpc) is 2.43. The molecule has 4 aliphatic rings. The first-order valence-electron chi connectivity index (χ1n) is 8.60. The van der Waals surface area contributed by atoms with E-state index in [4.69, 9.17) is 0 Å². The van der Waals surface area contributed by atoms with Crippen LogP contribution in [-0.4, -0.2) is 16.5 Å². The van der Waals surface area contributed by atoms with Crippen molar-refractivity contribution < 1.29 is 4.79 Å². The minimum atomic E-state index is 0.196. The molecule has 4 saturated carbocycles. The summed E-state index contributed by atoms with van der Waals surface area (Å²) in [4.78, 5) is 13.9. The summed E-state index contributed by atoms with van der Waals surface area (Å²) in [6.45, 7) is 0. The van der Waals surface area contributed by atoms with Crippen LogP contribution in [0.1, 0.15) is 44.9 Å². The smallest absolute Gasteiger partial charge is 0.224 e. The number of rotatable bonds is 4. The van der Waals surface area contributed by atoms with E-state index in [0.29, 0.717) is 10.7 Å². The SMILES string of the molecule is CSc1cccc(NC(=O)CC23C[C@@H]4C[C@@H](CC(Br)(C4)C2)C3)c1. The molecule has 0 aromatic heterocycles. The van der Waals surface area contributed by atoms with E-state index >= 15 is 0 Å². The van der Waals surface area contributed by atoms with Gasteiger partial charge in [-0.2, -0.15) is 0 Å². The number of carbonyl (C=O) groups is 1. The summed E-state index contributed by atoms with van der Waals surface area (Å²) >= 11 is 5.74. The van der Waals surface area contributed by atoms with Gasteiger partial charge in [-0.05, 0) is 80.2 Å². The summed E-state index contributed by atoms with van der Waals surface area (Å²) in [5, 5.41) is 3.14. The Kier molecular flexibility index (Phi) is 4.04. The van der Waals surface area contributed by atoms with Crippen LogP contribution in [-0.2, 0) is 4.79 Å². The van der Waals surface area contributed by atoms with Gasteiger partial charge in [0, 0.05) is 21.3 Å². The molecule has 2 unspecified atom stereocenters. The molecule has 1 N–H and O–H groups in total. The third kappa shape index (κ3) is 3.21. The maximum atomic E-state index is 12.7. The molecule has 1 aromatic carbocycles. The molecule has 23 heavy (non-hydrogen) atoms. The number of hydrogen-bond acceptors (Lipinski definition) is 2. The lowest BCUT2D eigenvalue weighted by Crippen LogP contribution is -2.53. The molecule has 4 fully saturated rings. The molecule has 4 atom stereocenters. The number of anilines is 1. The van der Waals surface area contributed by atoms with Gasteiger partial charge in [0.25, 0.3) is 0 Å². The van der Waals surface area contributed by atoms with Gasteiger partial charge < -0.3 is 5.32 Å². The lowest BCUT2D eigenvalue weighted by atomic mass is 9.48. The first-order chi connectivity index (χ1) is 11.0. The first-order valence-corrected chi connectivity index (χ1v) is 10.6. The Morgan fingerprint density at radius 1 is 1.30 bits per heavy atom. The van der Waals surface area contributed by atoms with Crippen LogP contribution in [0.2, 0.25) is 0 Å². The van der Waals surface area contributed by atoms with Crippen LogP contribution in [0.15, 0.2) is 29.2 Å². The average molecular weight is 394 g/mol. The van der Waals surface area contributed by atoms with Crippen LogP contribution >= 0.6 is 27.7 Å². The molecule has 5 rings (SSSR count). The van der Waals surface area contributed by atoms with E-state index in [1.54, 1.807) is 11.8 Å². The summed E-state index contributed by atoms with van der Waals surface area (Å²) in [6, 6.07) is 8.14. The number of hydrogen-bond donors (Lipinski definition) is 1. The molecule has 1 amide bonds. The summed E-state index contributed by atoms with van der Waals surface area (Å²) < 4.78 is 0.329. The fourth-order valence-electron chi connectivity index (χ4n) is 5.79. The number of nitrogens with one attached hydrogen (secondary N) is 1. The Balaban J connectivity index is 1.46. The maximum Gasteiger partial charge on any atom is 0.224 e. The van der Waals surface area contributed by atoms with Crippen molar-refractivity contribution in [3.05, 3.63) is 24.3 Å². The van der Waals surface area contributed by atoms with Crippen LogP contribution < -0.4 is 5.32 Å². The summed E-state index contributed by atoms with van der Waals surface area (Å²) in [7, 11) is 0. The molecule has 0 saturated heterocycles. The van der Waals surface area contributed by atoms with Crippen molar-refractivity contribution >= 4 is 39.3 Å². The minimum absolute atomic E-state index is 0.196. The topological polar surface area (TPSA) is 29.1 Å². The van der Waals surface area contributed by atoms with E-state index in [9.17, 15) is 4.79 Å². The second-order valence-corrected chi connectivity index (χ2v) is 10.6. The zero-order chi connectivity index (χ0) is 16.1. The van der Waals surface area contributed by atoms with Crippen molar-refractivity contribution in [2.75, 3.05) is 11.6 Å². The number of carbonyl (C=O) groups excluding carboxylic acids is 1. The van der Waals surface area contributed by atoms with Crippen LogP contribution in [0, 0.1) is 17.3 Å². The number of alkyl halides is 1. The number of benzene rings is 1. The van der Waals surface area contributed by atoms with E-state index in [1.807, 2.05) is 12.1 Å². The van der Waals surface area contributed by atoms with Crippen molar-refractivity contribution in [1.29, 1.82) is 0 Å². The molecular formula is C19H24BrNOS. The molecule has 4 bridgehead atoms. The van der Waals surface area contributed by atoms with Crippen LogP contribution in [0.5, 0.6) is 0 Å². The fourth-order valence-corrected chi connectivity index (χ4v) is 7.76. The molecule has 4 heteroatoms. The highest BCUT2D eigenvalue weighted by atomic mass is 79.9. The molecule has 0 radical (unpaired) electrons. The van der Waals surface area contributed by atoms with Crippen molar-refractivity contribution in [2.45, 2.75) is 54.2 Å². The predicted octanol–water partition coefficient (Wildman–Crippen LogP) is 5.47. The van der Waals surface area contributed by atoms with E-state index < -0.39 is 0 Å². The van der Waals surface area contributed by atoms with Gasteiger partial charge >= 0.3 is 0 Å². The van der Waals surface area contributed by atoms with Crippen LogP contribution in [0.25, 0.3) is 0 Å². The standard InChI is InChI=1S/C19H24BrNOS/c1-23-16-4-2-3-15(6-16)21-17(22)11-18-7-13-5-14(8-18)10-19(20,9-13)12-18/h2-4,6,13-14H,5,7-12H2,1H3,(H,21,22)/t13-,14+,18?,19?. The Morgan fingerprint density at radius 3 is 2.70 bits per heavy atom. The Hall–Kier alpha value is -0.480. The highest BCUT2D eigenvalue weighted by Gasteiger charge is 2.57. The monoisotopic (exact) mass is 393 g/mol. The van der Waals surface area contributed by atoms with Gasteiger partial charge in [0.2, 0.25) is 5.91 Å². The quantitative estimate of drug-likeness (QED) is 0.542. The Labute approximate surface area is 151 Å². The van der Waals surface area contributed by atoms with Gasteiger partial charge in [-0.3, -0.25) is 4.79 Å². The van der Waals surface area contributed by atoms with Crippen molar-refractivity contribution in [3.8, 4) is 0 Å². The van der Waals surface area contributed by atoms with E-state index in [-0.39, 0.29) is 11.3 Å². The molecule has 0 heterocycles. The van der Waals surface area contributed by atoms with Crippen molar-refractivity contribution in [1.82, 2.24) is 0 Å². The largest absolute Gasteiger partial charge is 0.326 e. The summed E-state index contributed by atoms with van der Waals surface area (Å²) in [5.41, 5.74) is 1.18. The highest BCUT2D eigenvalue weighted by Crippen LogP contribution is 2.65.